The highest BCUT2D eigenvalue weighted by molar-refractivity contribution is 7.92. The van der Waals surface area contributed by atoms with E-state index in [1.165, 1.54) is 36.4 Å². The van der Waals surface area contributed by atoms with Gasteiger partial charge in [-0.1, -0.05) is 47.0 Å². The van der Waals surface area contributed by atoms with Crippen molar-refractivity contribution >= 4 is 50.5 Å². The summed E-state index contributed by atoms with van der Waals surface area (Å²) >= 11 is 12.1. The number of benzene rings is 3. The number of para-hydroxylation sites is 1. The lowest BCUT2D eigenvalue weighted by molar-refractivity contribution is 0.102. The molecule has 0 radical (unpaired) electrons. The van der Waals surface area contributed by atoms with Gasteiger partial charge < -0.3 is 5.32 Å². The summed E-state index contributed by atoms with van der Waals surface area (Å²) in [6.07, 6.45) is 0. The Bertz CT molecular complexity index is 1090. The van der Waals surface area contributed by atoms with Crippen LogP contribution in [0.4, 0.5) is 11.4 Å². The third kappa shape index (κ3) is 4.65. The van der Waals surface area contributed by atoms with Gasteiger partial charge in [0.15, 0.2) is 0 Å². The van der Waals surface area contributed by atoms with Crippen LogP contribution >= 0.6 is 23.2 Å². The van der Waals surface area contributed by atoms with Crippen LogP contribution in [0.5, 0.6) is 0 Å². The molecule has 2 N–H and O–H groups in total. The van der Waals surface area contributed by atoms with E-state index in [0.29, 0.717) is 27.0 Å². The Morgan fingerprint density at radius 1 is 0.857 bits per heavy atom. The largest absolute Gasteiger partial charge is 0.319 e. The molecule has 0 saturated heterocycles. The molecule has 1 amide bonds. The number of hydrogen-bond donors (Lipinski definition) is 2. The van der Waals surface area contributed by atoms with E-state index in [1.807, 2.05) is 6.92 Å². The number of rotatable bonds is 5. The van der Waals surface area contributed by atoms with E-state index in [-0.39, 0.29) is 4.90 Å². The van der Waals surface area contributed by atoms with Crippen LogP contribution in [0.15, 0.2) is 71.6 Å². The van der Waals surface area contributed by atoms with Crippen LogP contribution in [0.25, 0.3) is 0 Å². The second kappa shape index (κ2) is 8.22. The first-order valence-electron chi connectivity index (χ1n) is 8.21. The van der Waals surface area contributed by atoms with Gasteiger partial charge in [0.2, 0.25) is 0 Å². The van der Waals surface area contributed by atoms with E-state index in [4.69, 9.17) is 23.2 Å². The molecule has 0 aromatic heterocycles. The molecule has 28 heavy (non-hydrogen) atoms. The summed E-state index contributed by atoms with van der Waals surface area (Å²) in [6, 6.07) is 17.5. The normalized spacial score (nSPS) is 11.1. The van der Waals surface area contributed by atoms with Gasteiger partial charge in [-0.15, -0.1) is 0 Å². The van der Waals surface area contributed by atoms with Gasteiger partial charge in [0.05, 0.1) is 20.6 Å². The average molecular weight is 435 g/mol. The monoisotopic (exact) mass is 434 g/mol. The number of sulfonamides is 1. The maximum Gasteiger partial charge on any atom is 0.261 e. The smallest absolute Gasteiger partial charge is 0.261 e. The van der Waals surface area contributed by atoms with E-state index in [0.717, 1.165) is 5.56 Å². The maximum absolute atomic E-state index is 12.4. The molecule has 0 atom stereocenters. The number of halogens is 2. The van der Waals surface area contributed by atoms with Gasteiger partial charge in [0.25, 0.3) is 15.9 Å². The summed E-state index contributed by atoms with van der Waals surface area (Å²) in [5.41, 5.74) is 1.95. The molecule has 3 rings (SSSR count). The first-order chi connectivity index (χ1) is 13.3. The fourth-order valence-electron chi connectivity index (χ4n) is 2.42. The van der Waals surface area contributed by atoms with Crippen molar-refractivity contribution in [1.29, 1.82) is 0 Å². The zero-order chi connectivity index (χ0) is 20.3. The first-order valence-corrected chi connectivity index (χ1v) is 10.4. The summed E-state index contributed by atoms with van der Waals surface area (Å²) in [6.45, 7) is 1.88. The zero-order valence-electron chi connectivity index (χ0n) is 14.7. The minimum atomic E-state index is -3.71. The van der Waals surface area contributed by atoms with Crippen molar-refractivity contribution in [3.63, 3.8) is 0 Å². The molecule has 0 saturated carbocycles. The quantitative estimate of drug-likeness (QED) is 0.567. The molecule has 0 aliphatic rings. The van der Waals surface area contributed by atoms with Gasteiger partial charge >= 0.3 is 0 Å². The lowest BCUT2D eigenvalue weighted by Gasteiger charge is -2.11. The Kier molecular flexibility index (Phi) is 5.93. The van der Waals surface area contributed by atoms with Gasteiger partial charge in [-0.05, 0) is 55.5 Å². The molecule has 0 aliphatic carbocycles. The minimum Gasteiger partial charge on any atom is -0.319 e. The van der Waals surface area contributed by atoms with Crippen molar-refractivity contribution in [2.75, 3.05) is 10.0 Å². The van der Waals surface area contributed by atoms with Crippen LogP contribution in [0.2, 0.25) is 10.0 Å². The Balaban J connectivity index is 1.74. The highest BCUT2D eigenvalue weighted by Gasteiger charge is 2.15. The number of anilines is 2. The summed E-state index contributed by atoms with van der Waals surface area (Å²) in [4.78, 5) is 12.6. The Hall–Kier alpha value is -2.54. The zero-order valence-corrected chi connectivity index (χ0v) is 17.1. The Morgan fingerprint density at radius 2 is 1.43 bits per heavy atom. The van der Waals surface area contributed by atoms with Crippen LogP contribution in [-0.2, 0) is 10.0 Å². The lowest BCUT2D eigenvalue weighted by atomic mass is 10.2. The van der Waals surface area contributed by atoms with Crippen molar-refractivity contribution < 1.29 is 13.2 Å². The summed E-state index contributed by atoms with van der Waals surface area (Å²) in [5, 5.41) is 3.30. The second-order valence-electron chi connectivity index (χ2n) is 6.05. The van der Waals surface area contributed by atoms with E-state index >= 15 is 0 Å². The van der Waals surface area contributed by atoms with Crippen molar-refractivity contribution in [1.82, 2.24) is 0 Å². The summed E-state index contributed by atoms with van der Waals surface area (Å²) in [5.74, 6) is -0.414. The molecule has 8 heteroatoms. The summed E-state index contributed by atoms with van der Waals surface area (Å²) < 4.78 is 27.3. The van der Waals surface area contributed by atoms with E-state index in [1.54, 1.807) is 30.3 Å². The van der Waals surface area contributed by atoms with Crippen molar-refractivity contribution in [2.45, 2.75) is 11.8 Å². The van der Waals surface area contributed by atoms with Crippen LogP contribution in [0, 0.1) is 6.92 Å². The number of hydrogen-bond acceptors (Lipinski definition) is 3. The van der Waals surface area contributed by atoms with E-state index < -0.39 is 15.9 Å². The van der Waals surface area contributed by atoms with Gasteiger partial charge in [0.1, 0.15) is 0 Å². The number of carbonyl (C=O) groups excluding carboxylic acids is 1. The molecule has 144 valence electrons. The van der Waals surface area contributed by atoms with Gasteiger partial charge in [-0.25, -0.2) is 8.42 Å². The van der Waals surface area contributed by atoms with E-state index in [9.17, 15) is 13.2 Å². The number of aryl methyl sites for hydroxylation is 1. The third-order valence-corrected chi connectivity index (χ3v) is 5.96. The topological polar surface area (TPSA) is 75.3 Å². The van der Waals surface area contributed by atoms with Crippen LogP contribution in [-0.4, -0.2) is 14.3 Å². The molecule has 3 aromatic rings. The number of nitrogens with one attached hydrogen (secondary N) is 2. The molecule has 3 aromatic carbocycles. The third-order valence-electron chi connectivity index (χ3n) is 3.93. The molecular formula is C20H16Cl2N2O3S. The minimum absolute atomic E-state index is 0.160. The molecule has 5 nitrogen and oxygen atoms in total. The van der Waals surface area contributed by atoms with Crippen LogP contribution in [0.3, 0.4) is 0 Å². The van der Waals surface area contributed by atoms with Crippen molar-refractivity contribution in [3.05, 3.63) is 87.9 Å². The number of carbonyl (C=O) groups is 1. The van der Waals surface area contributed by atoms with E-state index in [2.05, 4.69) is 10.0 Å². The average Bonchev–Trinajstić information content (AvgIpc) is 2.65. The molecule has 0 spiro atoms. The standard InChI is InChI=1S/C20H16Cl2N2O3S/c1-13-5-11-16(12-6-13)28(26,27)24-15-9-7-14(8-10-15)20(25)23-19-17(21)3-2-4-18(19)22/h2-12,24H,1H3,(H,23,25). The van der Waals surface area contributed by atoms with Crippen molar-refractivity contribution in [2.24, 2.45) is 0 Å². The Labute approximate surface area is 173 Å². The molecule has 0 heterocycles. The van der Waals surface area contributed by atoms with Gasteiger partial charge in [-0.3, -0.25) is 9.52 Å². The fraction of sp³-hybridized carbons (Fsp3) is 0.0500. The highest BCUT2D eigenvalue weighted by atomic mass is 35.5. The highest BCUT2D eigenvalue weighted by Crippen LogP contribution is 2.30. The predicted molar refractivity (Wildman–Crippen MR) is 113 cm³/mol. The van der Waals surface area contributed by atoms with Gasteiger partial charge in [0, 0.05) is 11.3 Å². The summed E-state index contributed by atoms with van der Waals surface area (Å²) in [7, 11) is -3.71. The molecule has 0 bridgehead atoms. The molecular weight excluding hydrogens is 419 g/mol. The SMILES string of the molecule is Cc1ccc(S(=O)(=O)Nc2ccc(C(=O)Nc3c(Cl)cccc3Cl)cc2)cc1. The maximum atomic E-state index is 12.4. The Morgan fingerprint density at radius 3 is 2.00 bits per heavy atom. The lowest BCUT2D eigenvalue weighted by Crippen LogP contribution is -2.14. The first kappa shape index (κ1) is 20.2. The number of amides is 1. The molecule has 0 unspecified atom stereocenters. The van der Waals surface area contributed by atoms with Crippen LogP contribution in [0.1, 0.15) is 15.9 Å². The van der Waals surface area contributed by atoms with Crippen LogP contribution < -0.4 is 10.0 Å². The molecule has 0 aliphatic heterocycles. The van der Waals surface area contributed by atoms with Crippen molar-refractivity contribution in [3.8, 4) is 0 Å². The van der Waals surface area contributed by atoms with Gasteiger partial charge in [-0.2, -0.15) is 0 Å². The predicted octanol–water partition coefficient (Wildman–Crippen LogP) is 5.35. The second-order valence-corrected chi connectivity index (χ2v) is 8.54. The fourth-order valence-corrected chi connectivity index (χ4v) is 3.97. The molecule has 0 fully saturated rings.